The van der Waals surface area contributed by atoms with Crippen molar-refractivity contribution in [2.75, 3.05) is 13.1 Å². The van der Waals surface area contributed by atoms with Gasteiger partial charge in [-0.15, -0.1) is 10.2 Å². The fraction of sp³-hybridized carbons (Fsp3) is 0.500. The lowest BCUT2D eigenvalue weighted by atomic mass is 10.0. The van der Waals surface area contributed by atoms with Crippen molar-refractivity contribution in [1.29, 1.82) is 0 Å². The molecule has 1 unspecified atom stereocenters. The van der Waals surface area contributed by atoms with Gasteiger partial charge in [-0.05, 0) is 44.5 Å². The topological polar surface area (TPSA) is 42.2 Å². The zero-order chi connectivity index (χ0) is 11.0. The van der Waals surface area contributed by atoms with E-state index in [1.54, 1.807) is 0 Å². The molecule has 1 N–H and O–H groups in total. The third-order valence-corrected chi connectivity index (χ3v) is 3.32. The van der Waals surface area contributed by atoms with Gasteiger partial charge in [0.2, 0.25) is 0 Å². The van der Waals surface area contributed by atoms with Gasteiger partial charge in [-0.2, -0.15) is 0 Å². The van der Waals surface area contributed by atoms with Crippen LogP contribution in [0.4, 0.5) is 0 Å². The second-order valence-electron chi connectivity index (χ2n) is 4.54. The number of nitrogens with zero attached hydrogens (tertiary/aromatic N) is 3. The molecule has 0 bridgehead atoms. The minimum Gasteiger partial charge on any atom is -0.316 e. The van der Waals surface area contributed by atoms with Crippen molar-refractivity contribution in [3.8, 4) is 0 Å². The van der Waals surface area contributed by atoms with E-state index in [0.29, 0.717) is 5.92 Å². The number of aromatic nitrogens is 3. The Hall–Kier alpha value is -1.42. The van der Waals surface area contributed by atoms with Crippen LogP contribution in [0, 0.1) is 12.8 Å². The fourth-order valence-electron chi connectivity index (χ4n) is 2.45. The highest BCUT2D eigenvalue weighted by atomic mass is 15.2. The van der Waals surface area contributed by atoms with Crippen molar-refractivity contribution in [2.45, 2.75) is 19.8 Å². The molecule has 0 aliphatic carbocycles. The van der Waals surface area contributed by atoms with Crippen LogP contribution in [0.3, 0.4) is 0 Å². The van der Waals surface area contributed by atoms with Gasteiger partial charge in [0.25, 0.3) is 0 Å². The molecule has 0 spiro atoms. The summed E-state index contributed by atoms with van der Waals surface area (Å²) in [6, 6.07) is 6.14. The molecular weight excluding hydrogens is 200 g/mol. The lowest BCUT2D eigenvalue weighted by Gasteiger charge is -2.07. The molecule has 1 aliphatic heterocycles. The summed E-state index contributed by atoms with van der Waals surface area (Å²) in [6.07, 6.45) is 2.28. The van der Waals surface area contributed by atoms with Crippen LogP contribution in [0.15, 0.2) is 18.2 Å². The summed E-state index contributed by atoms with van der Waals surface area (Å²) in [5.41, 5.74) is 2.17. The van der Waals surface area contributed by atoms with Crippen LogP contribution >= 0.6 is 0 Å². The molecule has 3 rings (SSSR count). The maximum Gasteiger partial charge on any atom is 0.160 e. The number of hydrogen-bond donors (Lipinski definition) is 1. The SMILES string of the molecule is Cc1cccc2nnc(CC3CCNC3)n12. The summed E-state index contributed by atoms with van der Waals surface area (Å²) >= 11 is 0. The Kier molecular flexibility index (Phi) is 2.36. The summed E-state index contributed by atoms with van der Waals surface area (Å²) < 4.78 is 2.16. The van der Waals surface area contributed by atoms with Crippen LogP contribution in [0.1, 0.15) is 17.9 Å². The molecular formula is C12H16N4. The Balaban J connectivity index is 1.97. The van der Waals surface area contributed by atoms with Crippen LogP contribution in [0.2, 0.25) is 0 Å². The molecule has 16 heavy (non-hydrogen) atoms. The highest BCUT2D eigenvalue weighted by Gasteiger charge is 2.18. The molecule has 4 nitrogen and oxygen atoms in total. The van der Waals surface area contributed by atoms with Gasteiger partial charge in [0, 0.05) is 12.1 Å². The van der Waals surface area contributed by atoms with Crippen molar-refractivity contribution in [3.05, 3.63) is 29.7 Å². The molecule has 3 heterocycles. The number of aryl methyl sites for hydroxylation is 1. The molecule has 1 saturated heterocycles. The van der Waals surface area contributed by atoms with Gasteiger partial charge >= 0.3 is 0 Å². The second kappa shape index (κ2) is 3.87. The molecule has 1 fully saturated rings. The minimum atomic E-state index is 0.715. The summed E-state index contributed by atoms with van der Waals surface area (Å²) in [5.74, 6) is 1.81. The van der Waals surface area contributed by atoms with Gasteiger partial charge in [-0.1, -0.05) is 6.07 Å². The molecule has 1 atom stereocenters. The lowest BCUT2D eigenvalue weighted by molar-refractivity contribution is 0.557. The highest BCUT2D eigenvalue weighted by molar-refractivity contribution is 5.39. The Morgan fingerprint density at radius 2 is 2.38 bits per heavy atom. The van der Waals surface area contributed by atoms with Crippen LogP contribution in [-0.4, -0.2) is 27.7 Å². The third-order valence-electron chi connectivity index (χ3n) is 3.32. The number of pyridine rings is 1. The first-order chi connectivity index (χ1) is 7.84. The van der Waals surface area contributed by atoms with Gasteiger partial charge in [0.1, 0.15) is 5.82 Å². The van der Waals surface area contributed by atoms with E-state index in [1.165, 1.54) is 12.1 Å². The molecule has 0 saturated carbocycles. The predicted molar refractivity (Wildman–Crippen MR) is 62.4 cm³/mol. The lowest BCUT2D eigenvalue weighted by Crippen LogP contribution is -2.12. The van der Waals surface area contributed by atoms with E-state index in [1.807, 2.05) is 12.1 Å². The van der Waals surface area contributed by atoms with Crippen molar-refractivity contribution in [3.63, 3.8) is 0 Å². The molecule has 4 heteroatoms. The van der Waals surface area contributed by atoms with E-state index in [9.17, 15) is 0 Å². The predicted octanol–water partition coefficient (Wildman–Crippen LogP) is 1.19. The van der Waals surface area contributed by atoms with Crippen molar-refractivity contribution < 1.29 is 0 Å². The summed E-state index contributed by atoms with van der Waals surface area (Å²) in [5, 5.41) is 11.9. The molecule has 2 aromatic rings. The van der Waals surface area contributed by atoms with Crippen LogP contribution in [0.5, 0.6) is 0 Å². The van der Waals surface area contributed by atoms with Crippen molar-refractivity contribution in [2.24, 2.45) is 5.92 Å². The summed E-state index contributed by atoms with van der Waals surface area (Å²) in [6.45, 7) is 4.36. The smallest absolute Gasteiger partial charge is 0.160 e. The third kappa shape index (κ3) is 1.59. The number of hydrogen-bond acceptors (Lipinski definition) is 3. The standard InChI is InChI=1S/C12H16N4/c1-9-3-2-4-11-14-15-12(16(9)11)7-10-5-6-13-8-10/h2-4,10,13H,5-8H2,1H3. The van der Waals surface area contributed by atoms with E-state index >= 15 is 0 Å². The van der Waals surface area contributed by atoms with Crippen LogP contribution in [0.25, 0.3) is 5.65 Å². The number of rotatable bonds is 2. The Morgan fingerprint density at radius 1 is 1.44 bits per heavy atom. The van der Waals surface area contributed by atoms with E-state index in [2.05, 4.69) is 32.9 Å². The monoisotopic (exact) mass is 216 g/mol. The fourth-order valence-corrected chi connectivity index (χ4v) is 2.45. The van der Waals surface area contributed by atoms with Gasteiger partial charge in [-0.3, -0.25) is 4.40 Å². The largest absolute Gasteiger partial charge is 0.316 e. The molecule has 0 radical (unpaired) electrons. The maximum atomic E-state index is 4.30. The maximum absolute atomic E-state index is 4.30. The summed E-state index contributed by atoms with van der Waals surface area (Å²) in [4.78, 5) is 0. The Morgan fingerprint density at radius 3 is 3.19 bits per heavy atom. The van der Waals surface area contributed by atoms with Crippen molar-refractivity contribution >= 4 is 5.65 Å². The zero-order valence-corrected chi connectivity index (χ0v) is 9.48. The quantitative estimate of drug-likeness (QED) is 0.820. The Labute approximate surface area is 94.7 Å². The Bertz CT molecular complexity index is 497. The van der Waals surface area contributed by atoms with Gasteiger partial charge in [0.15, 0.2) is 5.65 Å². The molecule has 1 aliphatic rings. The zero-order valence-electron chi connectivity index (χ0n) is 9.48. The van der Waals surface area contributed by atoms with Gasteiger partial charge in [0.05, 0.1) is 0 Å². The molecule has 0 amide bonds. The summed E-state index contributed by atoms with van der Waals surface area (Å²) in [7, 11) is 0. The average Bonchev–Trinajstić information content (AvgIpc) is 2.90. The number of fused-ring (bicyclic) bond motifs is 1. The van der Waals surface area contributed by atoms with E-state index in [4.69, 9.17) is 0 Å². The molecule has 0 aromatic carbocycles. The normalized spacial score (nSPS) is 20.7. The van der Waals surface area contributed by atoms with E-state index in [-0.39, 0.29) is 0 Å². The van der Waals surface area contributed by atoms with Gasteiger partial charge in [-0.25, -0.2) is 0 Å². The van der Waals surface area contributed by atoms with Crippen LogP contribution in [-0.2, 0) is 6.42 Å². The number of nitrogens with one attached hydrogen (secondary N) is 1. The van der Waals surface area contributed by atoms with Crippen molar-refractivity contribution in [1.82, 2.24) is 19.9 Å². The van der Waals surface area contributed by atoms with Crippen LogP contribution < -0.4 is 5.32 Å². The molecule has 2 aromatic heterocycles. The first-order valence-corrected chi connectivity index (χ1v) is 5.85. The second-order valence-corrected chi connectivity index (χ2v) is 4.54. The highest BCUT2D eigenvalue weighted by Crippen LogP contribution is 2.16. The first kappa shape index (κ1) is 9.78. The van der Waals surface area contributed by atoms with E-state index in [0.717, 1.165) is 31.0 Å². The minimum absolute atomic E-state index is 0.715. The average molecular weight is 216 g/mol. The first-order valence-electron chi connectivity index (χ1n) is 5.85. The molecule has 84 valence electrons. The van der Waals surface area contributed by atoms with Gasteiger partial charge < -0.3 is 5.32 Å². The van der Waals surface area contributed by atoms with E-state index < -0.39 is 0 Å².